The molecule has 2 aromatic rings. The summed E-state index contributed by atoms with van der Waals surface area (Å²) in [4.78, 5) is 0.263. The molecule has 1 atom stereocenters. The monoisotopic (exact) mass is 327 g/mol. The largest absolute Gasteiger partial charge is 0.361 e. The topological polar surface area (TPSA) is 77.2 Å². The Kier molecular flexibility index (Phi) is 4.95. The molecule has 0 radical (unpaired) electrons. The van der Waals surface area contributed by atoms with Crippen molar-refractivity contribution in [2.45, 2.75) is 24.5 Å². The lowest BCUT2D eigenvalue weighted by Gasteiger charge is -2.05. The molecule has 21 heavy (non-hydrogen) atoms. The van der Waals surface area contributed by atoms with Crippen LogP contribution in [-0.4, -0.2) is 29.3 Å². The number of aryl methyl sites for hydroxylation is 2. The average Bonchev–Trinajstić information content (AvgIpc) is 2.78. The molecule has 0 aliphatic heterocycles. The smallest absolute Gasteiger partial charge is 0.179 e. The van der Waals surface area contributed by atoms with E-state index in [4.69, 9.17) is 4.52 Å². The van der Waals surface area contributed by atoms with Gasteiger partial charge in [-0.2, -0.15) is 0 Å². The zero-order chi connectivity index (χ0) is 15.5. The quantitative estimate of drug-likeness (QED) is 0.811. The highest BCUT2D eigenvalue weighted by Gasteiger charge is 2.17. The lowest BCUT2D eigenvalue weighted by atomic mass is 10.2. The Morgan fingerprint density at radius 1 is 1.19 bits per heavy atom. The molecule has 1 aromatic heterocycles. The molecular weight excluding hydrogens is 310 g/mol. The van der Waals surface area contributed by atoms with Gasteiger partial charge < -0.3 is 4.52 Å². The van der Waals surface area contributed by atoms with Crippen molar-refractivity contribution in [1.29, 1.82) is 0 Å². The molecule has 0 N–H and O–H groups in total. The minimum Gasteiger partial charge on any atom is -0.361 e. The minimum absolute atomic E-state index is 0.0985. The van der Waals surface area contributed by atoms with Crippen molar-refractivity contribution >= 4 is 20.6 Å². The van der Waals surface area contributed by atoms with E-state index in [1.165, 1.54) is 0 Å². The molecule has 1 aromatic carbocycles. The van der Waals surface area contributed by atoms with Gasteiger partial charge in [0.2, 0.25) is 0 Å². The summed E-state index contributed by atoms with van der Waals surface area (Å²) in [6.45, 7) is 3.54. The summed E-state index contributed by atoms with van der Waals surface area (Å²) >= 11 is 0. The minimum atomic E-state index is -3.39. The number of hydrogen-bond donors (Lipinski definition) is 0. The second-order valence-electron chi connectivity index (χ2n) is 4.72. The fraction of sp³-hybridized carbons (Fsp3) is 0.357. The number of rotatable bonds is 6. The Bertz CT molecular complexity index is 716. The third-order valence-electron chi connectivity index (χ3n) is 3.17. The van der Waals surface area contributed by atoms with Crippen molar-refractivity contribution in [1.82, 2.24) is 5.16 Å². The van der Waals surface area contributed by atoms with Crippen LogP contribution < -0.4 is 0 Å². The lowest BCUT2D eigenvalue weighted by Crippen LogP contribution is -2.15. The van der Waals surface area contributed by atoms with Crippen molar-refractivity contribution in [3.8, 4) is 0 Å². The number of benzene rings is 1. The highest BCUT2D eigenvalue weighted by Crippen LogP contribution is 2.15. The molecule has 0 saturated heterocycles. The summed E-state index contributed by atoms with van der Waals surface area (Å²) in [6.07, 6.45) is 0. The SMILES string of the molecule is Cc1noc(C)c1CS(=O)CCS(=O)(=O)c1ccccc1. The Morgan fingerprint density at radius 3 is 2.43 bits per heavy atom. The molecule has 0 saturated carbocycles. The lowest BCUT2D eigenvalue weighted by molar-refractivity contribution is 0.392. The Balaban J connectivity index is 1.99. The molecule has 2 rings (SSSR count). The zero-order valence-corrected chi connectivity index (χ0v) is 13.5. The van der Waals surface area contributed by atoms with Crippen molar-refractivity contribution in [2.24, 2.45) is 0 Å². The summed E-state index contributed by atoms with van der Waals surface area (Å²) in [5.74, 6) is 0.867. The van der Waals surface area contributed by atoms with Crippen molar-refractivity contribution in [3.05, 3.63) is 47.3 Å². The molecule has 1 heterocycles. The second-order valence-corrected chi connectivity index (χ2v) is 8.41. The standard InChI is InChI=1S/C14H17NO4S2/c1-11-14(12(2)19-15-11)10-20(16)8-9-21(17,18)13-6-4-3-5-7-13/h3-7H,8-10H2,1-2H3. The molecular formula is C14H17NO4S2. The van der Waals surface area contributed by atoms with Crippen LogP contribution in [0.25, 0.3) is 0 Å². The predicted molar refractivity (Wildman–Crippen MR) is 81.2 cm³/mol. The first-order chi connectivity index (χ1) is 9.90. The van der Waals surface area contributed by atoms with Crippen LogP contribution in [0.3, 0.4) is 0 Å². The van der Waals surface area contributed by atoms with E-state index in [0.29, 0.717) is 11.5 Å². The molecule has 114 valence electrons. The van der Waals surface area contributed by atoms with E-state index in [1.54, 1.807) is 44.2 Å². The van der Waals surface area contributed by atoms with Crippen LogP contribution in [0.1, 0.15) is 17.0 Å². The molecule has 0 amide bonds. The molecule has 0 aliphatic carbocycles. The molecule has 0 fully saturated rings. The normalized spacial score (nSPS) is 13.2. The number of sulfone groups is 1. The van der Waals surface area contributed by atoms with E-state index < -0.39 is 20.6 Å². The van der Waals surface area contributed by atoms with E-state index in [1.807, 2.05) is 0 Å². The van der Waals surface area contributed by atoms with Gasteiger partial charge in [-0.25, -0.2) is 8.42 Å². The van der Waals surface area contributed by atoms with E-state index in [9.17, 15) is 12.6 Å². The number of nitrogens with zero attached hydrogens (tertiary/aromatic N) is 1. The van der Waals surface area contributed by atoms with E-state index in [2.05, 4.69) is 5.16 Å². The second kappa shape index (κ2) is 6.53. The highest BCUT2D eigenvalue weighted by atomic mass is 32.2. The van der Waals surface area contributed by atoms with Crippen molar-refractivity contribution < 1.29 is 17.1 Å². The summed E-state index contributed by atoms with van der Waals surface area (Å²) in [6, 6.07) is 8.20. The van der Waals surface area contributed by atoms with E-state index in [-0.39, 0.29) is 22.2 Å². The van der Waals surface area contributed by atoms with Gasteiger partial charge >= 0.3 is 0 Å². The van der Waals surface area contributed by atoms with E-state index >= 15 is 0 Å². The van der Waals surface area contributed by atoms with Gasteiger partial charge in [-0.05, 0) is 26.0 Å². The van der Waals surface area contributed by atoms with Gasteiger partial charge in [-0.3, -0.25) is 4.21 Å². The van der Waals surface area contributed by atoms with Gasteiger partial charge in [0, 0.05) is 22.1 Å². The maximum absolute atomic E-state index is 12.1. The average molecular weight is 327 g/mol. The third-order valence-corrected chi connectivity index (χ3v) is 6.43. The first-order valence-electron chi connectivity index (χ1n) is 6.44. The van der Waals surface area contributed by atoms with Gasteiger partial charge in [0.1, 0.15) is 5.76 Å². The van der Waals surface area contributed by atoms with Crippen LogP contribution in [-0.2, 0) is 26.4 Å². The van der Waals surface area contributed by atoms with Crippen LogP contribution in [0.4, 0.5) is 0 Å². The van der Waals surface area contributed by atoms with Gasteiger partial charge in [-0.15, -0.1) is 0 Å². The molecule has 1 unspecified atom stereocenters. The Morgan fingerprint density at radius 2 is 1.86 bits per heavy atom. The number of hydrogen-bond acceptors (Lipinski definition) is 5. The van der Waals surface area contributed by atoms with Gasteiger partial charge in [0.25, 0.3) is 0 Å². The molecule has 5 nitrogen and oxygen atoms in total. The van der Waals surface area contributed by atoms with E-state index in [0.717, 1.165) is 5.56 Å². The number of aromatic nitrogens is 1. The fourth-order valence-electron chi connectivity index (χ4n) is 1.89. The zero-order valence-electron chi connectivity index (χ0n) is 11.9. The molecule has 0 spiro atoms. The van der Waals surface area contributed by atoms with Crippen LogP contribution >= 0.6 is 0 Å². The summed E-state index contributed by atoms with van der Waals surface area (Å²) in [5.41, 5.74) is 1.50. The van der Waals surface area contributed by atoms with Gasteiger partial charge in [-0.1, -0.05) is 23.4 Å². The first kappa shape index (κ1) is 15.9. The van der Waals surface area contributed by atoms with Crippen LogP contribution in [0.2, 0.25) is 0 Å². The Hall–Kier alpha value is -1.47. The first-order valence-corrected chi connectivity index (χ1v) is 9.58. The van der Waals surface area contributed by atoms with Crippen LogP contribution in [0, 0.1) is 13.8 Å². The predicted octanol–water partition coefficient (Wildman–Crippen LogP) is 2.01. The maximum atomic E-state index is 12.1. The van der Waals surface area contributed by atoms with Gasteiger partial charge in [0.05, 0.1) is 22.1 Å². The Labute approximate surface area is 126 Å². The van der Waals surface area contributed by atoms with Crippen molar-refractivity contribution in [3.63, 3.8) is 0 Å². The van der Waals surface area contributed by atoms with Crippen LogP contribution in [0.15, 0.2) is 39.8 Å². The molecule has 0 bridgehead atoms. The maximum Gasteiger partial charge on any atom is 0.179 e. The third kappa shape index (κ3) is 4.01. The molecule has 0 aliphatic rings. The van der Waals surface area contributed by atoms with Crippen molar-refractivity contribution in [2.75, 3.05) is 11.5 Å². The summed E-state index contributed by atoms with van der Waals surface area (Å²) in [7, 11) is -4.66. The highest BCUT2D eigenvalue weighted by molar-refractivity contribution is 7.93. The summed E-state index contributed by atoms with van der Waals surface area (Å²) in [5, 5.41) is 3.80. The van der Waals surface area contributed by atoms with Crippen LogP contribution in [0.5, 0.6) is 0 Å². The fourth-order valence-corrected chi connectivity index (χ4v) is 5.20. The molecule has 7 heteroatoms. The van der Waals surface area contributed by atoms with Gasteiger partial charge in [0.15, 0.2) is 9.84 Å². The summed E-state index contributed by atoms with van der Waals surface area (Å²) < 4.78 is 41.3.